The van der Waals surface area contributed by atoms with Gasteiger partial charge in [0.05, 0.1) is 17.6 Å². The zero-order valence-electron chi connectivity index (χ0n) is 11.8. The molecule has 110 valence electrons. The first-order valence-corrected chi connectivity index (χ1v) is 8.03. The molecule has 0 unspecified atom stereocenters. The van der Waals surface area contributed by atoms with Gasteiger partial charge in [-0.1, -0.05) is 64.5 Å². The summed E-state index contributed by atoms with van der Waals surface area (Å²) in [4.78, 5) is 4.69. The first-order chi connectivity index (χ1) is 10.6. The van der Waals surface area contributed by atoms with Crippen molar-refractivity contribution >= 4 is 50.7 Å². The van der Waals surface area contributed by atoms with Gasteiger partial charge in [0, 0.05) is 9.51 Å². The third-order valence-corrected chi connectivity index (χ3v) is 3.81. The molecule has 0 aliphatic rings. The molecule has 0 aliphatic carbocycles. The van der Waals surface area contributed by atoms with Crippen LogP contribution in [0.3, 0.4) is 0 Å². The Morgan fingerprint density at radius 1 is 1.14 bits per heavy atom. The van der Waals surface area contributed by atoms with Crippen molar-refractivity contribution in [3.8, 4) is 0 Å². The van der Waals surface area contributed by atoms with Crippen LogP contribution in [0.4, 0.5) is 0 Å². The molecule has 4 heteroatoms. The van der Waals surface area contributed by atoms with Gasteiger partial charge in [0.15, 0.2) is 0 Å². The van der Waals surface area contributed by atoms with Crippen LogP contribution in [-0.2, 0) is 6.54 Å². The summed E-state index contributed by atoms with van der Waals surface area (Å²) in [6.45, 7) is 4.62. The van der Waals surface area contributed by atoms with E-state index in [2.05, 4.69) is 38.1 Å². The fraction of sp³-hybridized carbons (Fsp3) is 0.0556. The van der Waals surface area contributed by atoms with Gasteiger partial charge in [-0.2, -0.15) is 0 Å². The summed E-state index contributed by atoms with van der Waals surface area (Å²) in [7, 11) is 0. The molecule has 0 fully saturated rings. The van der Waals surface area contributed by atoms with E-state index in [1.807, 2.05) is 54.6 Å². The summed E-state index contributed by atoms with van der Waals surface area (Å²) in [5.74, 6) is 0.900. The number of allylic oxidation sites excluding steroid dienone is 1. The van der Waals surface area contributed by atoms with Crippen molar-refractivity contribution in [1.29, 1.82) is 0 Å². The number of rotatable bonds is 4. The zero-order valence-corrected chi connectivity index (χ0v) is 14.2. The van der Waals surface area contributed by atoms with Crippen molar-refractivity contribution in [2.45, 2.75) is 6.54 Å². The lowest BCUT2D eigenvalue weighted by atomic mass is 10.2. The lowest BCUT2D eigenvalue weighted by Crippen LogP contribution is -1.99. The average molecular weight is 374 g/mol. The minimum atomic E-state index is 0.681. The monoisotopic (exact) mass is 372 g/mol. The van der Waals surface area contributed by atoms with Crippen LogP contribution in [0.5, 0.6) is 0 Å². The predicted octanol–water partition coefficient (Wildman–Crippen LogP) is 5.77. The van der Waals surface area contributed by atoms with Crippen LogP contribution in [0.2, 0.25) is 5.02 Å². The van der Waals surface area contributed by atoms with Crippen LogP contribution in [-0.4, -0.2) is 9.55 Å². The Kier molecular flexibility index (Phi) is 4.46. The number of benzene rings is 2. The van der Waals surface area contributed by atoms with Gasteiger partial charge < -0.3 is 4.57 Å². The minimum absolute atomic E-state index is 0.681. The second-order valence-corrected chi connectivity index (χ2v) is 6.50. The van der Waals surface area contributed by atoms with Crippen LogP contribution < -0.4 is 0 Å². The summed E-state index contributed by atoms with van der Waals surface area (Å²) in [5.41, 5.74) is 3.16. The summed E-state index contributed by atoms with van der Waals surface area (Å²) in [5, 5.41) is 0.736. The van der Waals surface area contributed by atoms with Crippen molar-refractivity contribution in [3.63, 3.8) is 0 Å². The Labute approximate surface area is 142 Å². The highest BCUT2D eigenvalue weighted by atomic mass is 79.9. The van der Waals surface area contributed by atoms with Crippen LogP contribution in [0, 0.1) is 0 Å². The van der Waals surface area contributed by atoms with Crippen molar-refractivity contribution in [2.75, 3.05) is 0 Å². The van der Waals surface area contributed by atoms with Crippen molar-refractivity contribution in [1.82, 2.24) is 9.55 Å². The van der Waals surface area contributed by atoms with Crippen molar-refractivity contribution in [3.05, 3.63) is 76.0 Å². The molecule has 2 aromatic carbocycles. The number of halogens is 2. The molecular weight excluding hydrogens is 360 g/mol. The molecule has 0 spiro atoms. The second-order valence-electron chi connectivity index (χ2n) is 4.95. The van der Waals surface area contributed by atoms with Gasteiger partial charge in [-0.05, 0) is 35.9 Å². The minimum Gasteiger partial charge on any atom is -0.319 e. The number of fused-ring (bicyclic) bond motifs is 1. The summed E-state index contributed by atoms with van der Waals surface area (Å²) in [6.07, 6.45) is 4.05. The molecule has 0 aliphatic heterocycles. The zero-order chi connectivity index (χ0) is 15.5. The van der Waals surface area contributed by atoms with Crippen molar-refractivity contribution in [2.24, 2.45) is 0 Å². The smallest absolute Gasteiger partial charge is 0.134 e. The standard InChI is InChI=1S/C18H14BrClN2/c1-13(19)12-22-17-5-3-2-4-16(17)21-18(22)11-8-14-6-9-15(20)10-7-14/h2-11H,1,12H2. The first kappa shape index (κ1) is 15.1. The molecule has 0 N–H and O–H groups in total. The van der Waals surface area contributed by atoms with Crippen LogP contribution in [0.15, 0.2) is 59.6 Å². The van der Waals surface area contributed by atoms with E-state index in [4.69, 9.17) is 11.6 Å². The first-order valence-electron chi connectivity index (χ1n) is 6.86. The maximum Gasteiger partial charge on any atom is 0.134 e. The highest BCUT2D eigenvalue weighted by molar-refractivity contribution is 9.11. The van der Waals surface area contributed by atoms with E-state index in [-0.39, 0.29) is 0 Å². The van der Waals surface area contributed by atoms with Crippen molar-refractivity contribution < 1.29 is 0 Å². The Bertz CT molecular complexity index is 847. The number of para-hydroxylation sites is 2. The van der Waals surface area contributed by atoms with Gasteiger partial charge in [0.1, 0.15) is 5.82 Å². The van der Waals surface area contributed by atoms with E-state index in [1.54, 1.807) is 0 Å². The third-order valence-electron chi connectivity index (χ3n) is 3.31. The number of hydrogen-bond acceptors (Lipinski definition) is 1. The maximum atomic E-state index is 5.91. The largest absolute Gasteiger partial charge is 0.319 e. The molecule has 0 bridgehead atoms. The van der Waals surface area contributed by atoms with Gasteiger partial charge in [-0.15, -0.1) is 0 Å². The Hall–Kier alpha value is -1.84. The quantitative estimate of drug-likeness (QED) is 0.568. The van der Waals surface area contributed by atoms with Gasteiger partial charge in [-0.3, -0.25) is 0 Å². The molecule has 0 amide bonds. The predicted molar refractivity (Wildman–Crippen MR) is 98.2 cm³/mol. The second kappa shape index (κ2) is 6.51. The number of imidazole rings is 1. The number of nitrogens with zero attached hydrogens (tertiary/aromatic N) is 2. The molecule has 0 saturated heterocycles. The van der Waals surface area contributed by atoms with Gasteiger partial charge in [0.2, 0.25) is 0 Å². The van der Waals surface area contributed by atoms with E-state index >= 15 is 0 Å². The Balaban J connectivity index is 2.01. The van der Waals surface area contributed by atoms with Gasteiger partial charge >= 0.3 is 0 Å². The molecule has 0 atom stereocenters. The van der Waals surface area contributed by atoms with E-state index in [1.165, 1.54) is 0 Å². The molecule has 3 aromatic rings. The molecule has 3 rings (SSSR count). The molecule has 0 radical (unpaired) electrons. The normalized spacial score (nSPS) is 11.4. The SMILES string of the molecule is C=C(Br)Cn1c(C=Cc2ccc(Cl)cc2)nc2ccccc21. The third kappa shape index (κ3) is 3.32. The lowest BCUT2D eigenvalue weighted by Gasteiger charge is -2.05. The fourth-order valence-corrected chi connectivity index (χ4v) is 2.68. The summed E-state index contributed by atoms with van der Waals surface area (Å²) >= 11 is 9.35. The molecular formula is C18H14BrClN2. The number of aromatic nitrogens is 2. The van der Waals surface area contributed by atoms with E-state index in [0.717, 1.165) is 31.9 Å². The summed E-state index contributed by atoms with van der Waals surface area (Å²) < 4.78 is 3.05. The highest BCUT2D eigenvalue weighted by Gasteiger charge is 2.08. The maximum absolute atomic E-state index is 5.91. The Morgan fingerprint density at radius 3 is 2.59 bits per heavy atom. The summed E-state index contributed by atoms with van der Waals surface area (Å²) in [6, 6.07) is 15.8. The van der Waals surface area contributed by atoms with Crippen LogP contribution in [0.1, 0.15) is 11.4 Å². The molecule has 0 saturated carbocycles. The Morgan fingerprint density at radius 2 is 1.86 bits per heavy atom. The molecule has 1 heterocycles. The molecule has 22 heavy (non-hydrogen) atoms. The van der Waals surface area contributed by atoms with Crippen LogP contribution >= 0.6 is 27.5 Å². The average Bonchev–Trinajstić information content (AvgIpc) is 2.84. The molecule has 2 nitrogen and oxygen atoms in total. The molecule has 1 aromatic heterocycles. The van der Waals surface area contributed by atoms with Gasteiger partial charge in [-0.25, -0.2) is 4.98 Å². The van der Waals surface area contributed by atoms with Crippen LogP contribution in [0.25, 0.3) is 23.2 Å². The van der Waals surface area contributed by atoms with Gasteiger partial charge in [0.25, 0.3) is 0 Å². The topological polar surface area (TPSA) is 17.8 Å². The fourth-order valence-electron chi connectivity index (χ4n) is 2.30. The van der Waals surface area contributed by atoms with E-state index < -0.39 is 0 Å². The number of hydrogen-bond donors (Lipinski definition) is 0. The van der Waals surface area contributed by atoms with E-state index in [9.17, 15) is 0 Å². The van der Waals surface area contributed by atoms with E-state index in [0.29, 0.717) is 6.54 Å². The highest BCUT2D eigenvalue weighted by Crippen LogP contribution is 2.21. The lowest BCUT2D eigenvalue weighted by molar-refractivity contribution is 0.833.